The fraction of sp³-hybridized carbons (Fsp3) is 0. The predicted octanol–water partition coefficient (Wildman–Crippen LogP) is -2.63. The van der Waals surface area contributed by atoms with Gasteiger partial charge >= 0.3 is 0 Å². The van der Waals surface area contributed by atoms with Crippen molar-refractivity contribution in [2.24, 2.45) is 0 Å². The van der Waals surface area contributed by atoms with Gasteiger partial charge in [0.25, 0.3) is 0 Å². The summed E-state index contributed by atoms with van der Waals surface area (Å²) in [7, 11) is 5.16. The van der Waals surface area contributed by atoms with Crippen molar-refractivity contribution in [1.82, 2.24) is 15.4 Å². The molecule has 0 aliphatic carbocycles. The van der Waals surface area contributed by atoms with Gasteiger partial charge in [-0.25, -0.2) is 0 Å². The number of rotatable bonds is 0. The Bertz CT molecular complexity index is 21.5. The molecule has 0 saturated carbocycles. The minimum Gasteiger partial charge on any atom is -0.568 e. The molecule has 0 spiro atoms. The topological polar surface area (TPSA) is 36.1 Å². The number of hydrogen-bond donors (Lipinski definition) is 3. The maximum atomic E-state index is 2.78. The van der Waals surface area contributed by atoms with Gasteiger partial charge in [-0.15, -0.1) is 0 Å². The third-order valence-electron chi connectivity index (χ3n) is 0.500. The normalized spacial score (nSPS) is 21.3. The van der Waals surface area contributed by atoms with Crippen LogP contribution in [0.2, 0.25) is 0 Å². The van der Waals surface area contributed by atoms with Crippen molar-refractivity contribution in [3.05, 3.63) is 0 Å². The Morgan fingerprint density at radius 3 is 2.00 bits per heavy atom. The van der Waals surface area contributed by atoms with Crippen LogP contribution in [0.1, 0.15) is 0 Å². The first kappa shape index (κ1) is 4.24. The molecule has 6 heavy (non-hydrogen) atoms. The first-order valence-corrected chi connectivity index (χ1v) is 1.73. The number of nitrogens with one attached hydrogen (secondary N) is 3. The monoisotopic (exact) mass is 78.1 g/mol. The zero-order valence-corrected chi connectivity index (χ0v) is 3.23. The molecule has 0 amide bonds. The van der Waals surface area contributed by atoms with Gasteiger partial charge < -0.3 is 15.4 Å². The lowest BCUT2D eigenvalue weighted by molar-refractivity contribution is 1.28. The molecule has 0 bridgehead atoms. The lowest BCUT2D eigenvalue weighted by Gasteiger charge is -2.24. The highest BCUT2D eigenvalue weighted by atomic mass is 15.0. The fourth-order valence-electron chi connectivity index (χ4n) is 0.269. The van der Waals surface area contributed by atoms with E-state index in [4.69, 9.17) is 0 Å². The van der Waals surface area contributed by atoms with E-state index < -0.39 is 0 Å². The van der Waals surface area contributed by atoms with Gasteiger partial charge in [0.05, 0.1) is 0 Å². The zero-order chi connectivity index (χ0) is 4.24. The van der Waals surface area contributed by atoms with Crippen LogP contribution in [0.15, 0.2) is 0 Å². The Morgan fingerprint density at radius 2 is 1.83 bits per heavy atom. The molecule has 3 N–H and O–H groups in total. The summed E-state index contributed by atoms with van der Waals surface area (Å²) in [5.41, 5.74) is 0. The highest BCUT2D eigenvalue weighted by molar-refractivity contribution is 6.65. The van der Waals surface area contributed by atoms with Crippen molar-refractivity contribution in [2.75, 3.05) is 0 Å². The van der Waals surface area contributed by atoms with E-state index in [-0.39, 0.29) is 0 Å². The Kier molecular flexibility index (Phi) is 1.61. The SMILES string of the molecule is [B]1N[B]N[B-]N1. The summed E-state index contributed by atoms with van der Waals surface area (Å²) in [5, 5.41) is 8.34. The van der Waals surface area contributed by atoms with E-state index in [0.717, 1.165) is 0 Å². The predicted molar refractivity (Wildman–Crippen MR) is 26.7 cm³/mol. The van der Waals surface area contributed by atoms with Crippen LogP contribution >= 0.6 is 0 Å². The van der Waals surface area contributed by atoms with Gasteiger partial charge in [0.2, 0.25) is 15.1 Å². The third kappa shape index (κ3) is 1.04. The lowest BCUT2D eigenvalue weighted by atomic mass is 9.85. The van der Waals surface area contributed by atoms with Gasteiger partial charge in [-0.1, -0.05) is 0 Å². The molecule has 6 heteroatoms. The van der Waals surface area contributed by atoms with E-state index >= 15 is 0 Å². The molecule has 1 saturated heterocycles. The molecule has 28 valence electrons. The van der Waals surface area contributed by atoms with Crippen molar-refractivity contribution in [1.29, 1.82) is 0 Å². The summed E-state index contributed by atoms with van der Waals surface area (Å²) in [6.45, 7) is 0. The van der Waals surface area contributed by atoms with Gasteiger partial charge in [-0.2, -0.15) is 7.55 Å². The minimum absolute atomic E-state index is 1.72. The first-order chi connectivity index (χ1) is 3.00. The van der Waals surface area contributed by atoms with E-state index in [9.17, 15) is 0 Å². The van der Waals surface area contributed by atoms with Gasteiger partial charge in [0.15, 0.2) is 0 Å². The van der Waals surface area contributed by atoms with E-state index in [1.165, 1.54) is 0 Å². The molecule has 1 aliphatic rings. The zero-order valence-electron chi connectivity index (χ0n) is 3.23. The Balaban J connectivity index is 2.00. The molecule has 0 aromatic heterocycles. The van der Waals surface area contributed by atoms with Crippen LogP contribution < -0.4 is 15.4 Å². The van der Waals surface area contributed by atoms with Crippen molar-refractivity contribution >= 4 is 22.6 Å². The largest absolute Gasteiger partial charge is 0.568 e. The molecule has 3 nitrogen and oxygen atoms in total. The second-order valence-corrected chi connectivity index (χ2v) is 0.933. The van der Waals surface area contributed by atoms with Gasteiger partial charge in [0, 0.05) is 0 Å². The molecular weight excluding hydrogens is 74.5 g/mol. The average Bonchev–Trinajstić information content (AvgIpc) is 1.72. The third-order valence-corrected chi connectivity index (χ3v) is 0.500. The number of hydrogen-bond acceptors (Lipinski definition) is 3. The maximum Gasteiger partial charge on any atom is 0.249 e. The smallest absolute Gasteiger partial charge is 0.249 e. The van der Waals surface area contributed by atoms with Gasteiger partial charge in [-0.05, 0) is 0 Å². The highest BCUT2D eigenvalue weighted by Gasteiger charge is 1.85. The van der Waals surface area contributed by atoms with Crippen LogP contribution in [0.25, 0.3) is 0 Å². The minimum atomic E-state index is 1.72. The quantitative estimate of drug-likeness (QED) is 0.277. The van der Waals surface area contributed by atoms with Crippen LogP contribution in [0, 0.1) is 0 Å². The molecule has 0 aromatic rings. The van der Waals surface area contributed by atoms with E-state index in [1.54, 1.807) is 22.6 Å². The molecular formula is H3B3N3-. The van der Waals surface area contributed by atoms with Crippen LogP contribution in [-0.4, -0.2) is 22.6 Å². The van der Waals surface area contributed by atoms with Gasteiger partial charge in [-0.3, -0.25) is 0 Å². The summed E-state index contributed by atoms with van der Waals surface area (Å²) < 4.78 is 0. The Morgan fingerprint density at radius 1 is 1.17 bits per heavy atom. The second kappa shape index (κ2) is 2.28. The summed E-state index contributed by atoms with van der Waals surface area (Å²) in [6.07, 6.45) is 0. The van der Waals surface area contributed by atoms with E-state index in [2.05, 4.69) is 15.4 Å². The Labute approximate surface area is 39.1 Å². The lowest BCUT2D eigenvalue weighted by Crippen LogP contribution is -2.55. The summed E-state index contributed by atoms with van der Waals surface area (Å²) >= 11 is 0. The fourth-order valence-corrected chi connectivity index (χ4v) is 0.269. The van der Waals surface area contributed by atoms with Crippen LogP contribution in [0.4, 0.5) is 0 Å². The van der Waals surface area contributed by atoms with E-state index in [0.29, 0.717) is 0 Å². The van der Waals surface area contributed by atoms with Crippen molar-refractivity contribution in [3.8, 4) is 0 Å². The van der Waals surface area contributed by atoms with Crippen LogP contribution in [0.3, 0.4) is 0 Å². The second-order valence-electron chi connectivity index (χ2n) is 0.933. The molecule has 1 rings (SSSR count). The van der Waals surface area contributed by atoms with Crippen molar-refractivity contribution in [3.63, 3.8) is 0 Å². The molecule has 4 radical (unpaired) electrons. The van der Waals surface area contributed by atoms with Crippen molar-refractivity contribution < 1.29 is 0 Å². The van der Waals surface area contributed by atoms with Crippen LogP contribution in [0.5, 0.6) is 0 Å². The maximum absolute atomic E-state index is 2.78. The summed E-state index contributed by atoms with van der Waals surface area (Å²) in [6, 6.07) is 0. The summed E-state index contributed by atoms with van der Waals surface area (Å²) in [5.74, 6) is 0. The molecule has 1 aliphatic heterocycles. The molecule has 1 heterocycles. The average molecular weight is 77.5 g/mol. The molecule has 0 atom stereocenters. The highest BCUT2D eigenvalue weighted by Crippen LogP contribution is 1.46. The Hall–Kier alpha value is 0.0748. The molecule has 1 fully saturated rings. The van der Waals surface area contributed by atoms with Crippen LogP contribution in [-0.2, 0) is 0 Å². The van der Waals surface area contributed by atoms with E-state index in [1.807, 2.05) is 0 Å². The first-order valence-electron chi connectivity index (χ1n) is 1.73. The summed E-state index contributed by atoms with van der Waals surface area (Å²) in [4.78, 5) is 0. The molecule has 0 aromatic carbocycles. The van der Waals surface area contributed by atoms with Gasteiger partial charge in [0.1, 0.15) is 0 Å². The van der Waals surface area contributed by atoms with Crippen molar-refractivity contribution in [2.45, 2.75) is 0 Å². The standard InChI is InChI=1S/B3H3N3/c1-4-2-6-3-5-1/h4-6H/q-1. The molecule has 0 unspecified atom stereocenters.